The zero-order valence-corrected chi connectivity index (χ0v) is 8.99. The molecule has 0 atom stereocenters. The summed E-state index contributed by atoms with van der Waals surface area (Å²) in [5, 5.41) is 7.67. The van der Waals surface area contributed by atoms with Gasteiger partial charge in [-0.3, -0.25) is 4.68 Å². The minimum atomic E-state index is 0.746. The number of aromatic nitrogens is 2. The van der Waals surface area contributed by atoms with Gasteiger partial charge in [0.15, 0.2) is 0 Å². The second-order valence-corrected chi connectivity index (χ2v) is 3.24. The van der Waals surface area contributed by atoms with E-state index >= 15 is 0 Å². The van der Waals surface area contributed by atoms with Crippen LogP contribution in [0.15, 0.2) is 12.3 Å². The average Bonchev–Trinajstić information content (AvgIpc) is 2.61. The topological polar surface area (TPSA) is 39.1 Å². The van der Waals surface area contributed by atoms with Crippen molar-refractivity contribution in [2.45, 2.75) is 26.4 Å². The van der Waals surface area contributed by atoms with Crippen LogP contribution in [0.4, 0.5) is 0 Å². The minimum absolute atomic E-state index is 0.746. The summed E-state index contributed by atoms with van der Waals surface area (Å²) in [7, 11) is 1.71. The number of aryl methyl sites for hydroxylation is 1. The first kappa shape index (κ1) is 11.2. The summed E-state index contributed by atoms with van der Waals surface area (Å²) in [5.41, 5.74) is 1.09. The summed E-state index contributed by atoms with van der Waals surface area (Å²) in [5.74, 6) is 0. The zero-order valence-electron chi connectivity index (χ0n) is 8.99. The third-order valence-electron chi connectivity index (χ3n) is 1.94. The zero-order chi connectivity index (χ0) is 10.2. The molecule has 0 aliphatic heterocycles. The van der Waals surface area contributed by atoms with Crippen molar-refractivity contribution in [3.05, 3.63) is 18.0 Å². The van der Waals surface area contributed by atoms with Gasteiger partial charge in [-0.25, -0.2) is 0 Å². The fourth-order valence-electron chi connectivity index (χ4n) is 1.24. The number of rotatable bonds is 7. The lowest BCUT2D eigenvalue weighted by molar-refractivity contribution is 0.199. The molecule has 0 radical (unpaired) electrons. The summed E-state index contributed by atoms with van der Waals surface area (Å²) in [6.45, 7) is 5.59. The smallest absolute Gasteiger partial charge is 0.0762 e. The Morgan fingerprint density at radius 1 is 1.57 bits per heavy atom. The molecule has 0 aliphatic carbocycles. The van der Waals surface area contributed by atoms with Crippen molar-refractivity contribution in [2.24, 2.45) is 0 Å². The van der Waals surface area contributed by atoms with Crippen LogP contribution in [0.3, 0.4) is 0 Å². The second kappa shape index (κ2) is 6.56. The molecule has 1 N–H and O–H groups in total. The van der Waals surface area contributed by atoms with Gasteiger partial charge >= 0.3 is 0 Å². The van der Waals surface area contributed by atoms with Crippen molar-refractivity contribution in [3.8, 4) is 0 Å². The molecule has 1 aromatic heterocycles. The van der Waals surface area contributed by atoms with Crippen LogP contribution in [-0.4, -0.2) is 30.0 Å². The summed E-state index contributed by atoms with van der Waals surface area (Å²) >= 11 is 0. The largest absolute Gasteiger partial charge is 0.383 e. The number of nitrogens with zero attached hydrogens (tertiary/aromatic N) is 2. The fourth-order valence-corrected chi connectivity index (χ4v) is 1.24. The van der Waals surface area contributed by atoms with Crippen molar-refractivity contribution in [1.29, 1.82) is 0 Å². The van der Waals surface area contributed by atoms with Crippen LogP contribution in [0.5, 0.6) is 0 Å². The van der Waals surface area contributed by atoms with Gasteiger partial charge in [0, 0.05) is 32.9 Å². The molecular formula is C10H19N3O. The molecule has 1 rings (SSSR count). The molecule has 0 saturated heterocycles. The molecule has 0 unspecified atom stereocenters. The Balaban J connectivity index is 2.22. The van der Waals surface area contributed by atoms with Crippen LogP contribution < -0.4 is 5.32 Å². The van der Waals surface area contributed by atoms with E-state index in [1.807, 2.05) is 10.9 Å². The second-order valence-electron chi connectivity index (χ2n) is 3.24. The molecule has 1 aromatic rings. The van der Waals surface area contributed by atoms with E-state index in [-0.39, 0.29) is 0 Å². The highest BCUT2D eigenvalue weighted by Crippen LogP contribution is 1.96. The quantitative estimate of drug-likeness (QED) is 0.664. The molecule has 4 heteroatoms. The lowest BCUT2D eigenvalue weighted by Gasteiger charge is -2.01. The van der Waals surface area contributed by atoms with Gasteiger partial charge in [-0.2, -0.15) is 5.10 Å². The van der Waals surface area contributed by atoms with Crippen molar-refractivity contribution >= 4 is 0 Å². The maximum absolute atomic E-state index is 4.94. The van der Waals surface area contributed by atoms with E-state index in [1.165, 1.54) is 0 Å². The maximum atomic E-state index is 4.94. The summed E-state index contributed by atoms with van der Waals surface area (Å²) in [6.07, 6.45) is 3.15. The van der Waals surface area contributed by atoms with Crippen LogP contribution >= 0.6 is 0 Å². The molecule has 1 heterocycles. The predicted molar refractivity (Wildman–Crippen MR) is 56.1 cm³/mol. The average molecular weight is 197 g/mol. The predicted octanol–water partition coefficient (Wildman–Crippen LogP) is 1.03. The summed E-state index contributed by atoms with van der Waals surface area (Å²) < 4.78 is 6.91. The fraction of sp³-hybridized carbons (Fsp3) is 0.700. The van der Waals surface area contributed by atoms with Gasteiger partial charge in [0.05, 0.1) is 12.3 Å². The van der Waals surface area contributed by atoms with Crippen molar-refractivity contribution < 1.29 is 4.74 Å². The Morgan fingerprint density at radius 2 is 2.43 bits per heavy atom. The molecule has 0 fully saturated rings. The lowest BCUT2D eigenvalue weighted by Crippen LogP contribution is -2.18. The van der Waals surface area contributed by atoms with E-state index in [9.17, 15) is 0 Å². The van der Waals surface area contributed by atoms with E-state index in [0.717, 1.165) is 38.4 Å². The normalized spacial score (nSPS) is 10.7. The number of nitrogens with one attached hydrogen (secondary N) is 1. The minimum Gasteiger partial charge on any atom is -0.383 e. The molecule has 4 nitrogen and oxygen atoms in total. The Kier molecular flexibility index (Phi) is 5.25. The van der Waals surface area contributed by atoms with Gasteiger partial charge in [0.2, 0.25) is 0 Å². The van der Waals surface area contributed by atoms with Gasteiger partial charge in [-0.1, -0.05) is 6.92 Å². The molecule has 0 aromatic carbocycles. The highest BCUT2D eigenvalue weighted by molar-refractivity contribution is 4.98. The number of methoxy groups -OCH3 is 1. The van der Waals surface area contributed by atoms with E-state index in [4.69, 9.17) is 4.74 Å². The first-order valence-electron chi connectivity index (χ1n) is 5.08. The van der Waals surface area contributed by atoms with Crippen molar-refractivity contribution in [2.75, 3.05) is 20.3 Å². The third kappa shape index (κ3) is 3.89. The number of ether oxygens (including phenoxy) is 1. The van der Waals surface area contributed by atoms with Gasteiger partial charge < -0.3 is 10.1 Å². The summed E-state index contributed by atoms with van der Waals surface area (Å²) in [6, 6.07) is 2.05. The highest BCUT2D eigenvalue weighted by atomic mass is 16.5. The van der Waals surface area contributed by atoms with Gasteiger partial charge in [-0.15, -0.1) is 0 Å². The maximum Gasteiger partial charge on any atom is 0.0762 e. The SMILES string of the molecule is CCCn1ccc(CNCCOC)n1. The van der Waals surface area contributed by atoms with Crippen LogP contribution in [-0.2, 0) is 17.8 Å². The Morgan fingerprint density at radius 3 is 3.14 bits per heavy atom. The van der Waals surface area contributed by atoms with Crippen LogP contribution in [0.2, 0.25) is 0 Å². The molecule has 0 amide bonds. The molecule has 0 bridgehead atoms. The highest BCUT2D eigenvalue weighted by Gasteiger charge is 1.96. The molecule has 0 spiro atoms. The van der Waals surface area contributed by atoms with E-state index in [0.29, 0.717) is 0 Å². The van der Waals surface area contributed by atoms with Crippen LogP contribution in [0.1, 0.15) is 19.0 Å². The van der Waals surface area contributed by atoms with Gasteiger partial charge in [0.1, 0.15) is 0 Å². The van der Waals surface area contributed by atoms with Gasteiger partial charge in [0.25, 0.3) is 0 Å². The number of hydrogen-bond donors (Lipinski definition) is 1. The number of hydrogen-bond acceptors (Lipinski definition) is 3. The van der Waals surface area contributed by atoms with Crippen LogP contribution in [0, 0.1) is 0 Å². The van der Waals surface area contributed by atoms with Crippen molar-refractivity contribution in [3.63, 3.8) is 0 Å². The van der Waals surface area contributed by atoms with Gasteiger partial charge in [-0.05, 0) is 12.5 Å². The lowest BCUT2D eigenvalue weighted by atomic mass is 10.4. The molecular weight excluding hydrogens is 178 g/mol. The molecule has 80 valence electrons. The van der Waals surface area contributed by atoms with E-state index in [1.54, 1.807) is 7.11 Å². The first-order valence-corrected chi connectivity index (χ1v) is 5.08. The van der Waals surface area contributed by atoms with E-state index in [2.05, 4.69) is 23.4 Å². The third-order valence-corrected chi connectivity index (χ3v) is 1.94. The Hall–Kier alpha value is -0.870. The molecule has 14 heavy (non-hydrogen) atoms. The summed E-state index contributed by atoms with van der Waals surface area (Å²) in [4.78, 5) is 0. The van der Waals surface area contributed by atoms with Crippen molar-refractivity contribution in [1.82, 2.24) is 15.1 Å². The first-order chi connectivity index (χ1) is 6.86. The van der Waals surface area contributed by atoms with Crippen LogP contribution in [0.25, 0.3) is 0 Å². The Labute approximate surface area is 85.3 Å². The van der Waals surface area contributed by atoms with E-state index < -0.39 is 0 Å². The molecule has 0 aliphatic rings. The Bertz CT molecular complexity index is 247. The standard InChI is InChI=1S/C10H19N3O/c1-3-6-13-7-4-10(12-13)9-11-5-8-14-2/h4,7,11H,3,5-6,8-9H2,1-2H3. The monoisotopic (exact) mass is 197 g/mol. The molecule has 0 saturated carbocycles.